The van der Waals surface area contributed by atoms with Gasteiger partial charge in [-0.2, -0.15) is 4.98 Å². The van der Waals surface area contributed by atoms with E-state index in [2.05, 4.69) is 47.0 Å². The predicted molar refractivity (Wildman–Crippen MR) is 118 cm³/mol. The molecule has 4 aromatic rings. The third kappa shape index (κ3) is 3.65. The Hall–Kier alpha value is -3.28. The molecule has 0 spiro atoms. The lowest BCUT2D eigenvalue weighted by atomic mass is 10.1. The van der Waals surface area contributed by atoms with Gasteiger partial charge in [-0.25, -0.2) is 0 Å². The highest BCUT2D eigenvalue weighted by atomic mass is 16.5. The highest BCUT2D eigenvalue weighted by Gasteiger charge is 2.18. The number of aromatic nitrogens is 3. The number of rotatable bonds is 8. The summed E-state index contributed by atoms with van der Waals surface area (Å²) in [5, 5.41) is 5.51. The normalized spacial score (nSPS) is 11.2. The third-order valence-corrected chi connectivity index (χ3v) is 5.06. The Labute approximate surface area is 176 Å². The van der Waals surface area contributed by atoms with E-state index in [0.29, 0.717) is 36.4 Å². The zero-order valence-electron chi connectivity index (χ0n) is 17.9. The molecular formula is C24H27N3O3. The van der Waals surface area contributed by atoms with Crippen molar-refractivity contribution in [3.8, 4) is 34.3 Å². The van der Waals surface area contributed by atoms with E-state index in [1.54, 1.807) is 0 Å². The highest BCUT2D eigenvalue weighted by Crippen LogP contribution is 2.35. The topological polar surface area (TPSA) is 62.3 Å². The summed E-state index contributed by atoms with van der Waals surface area (Å²) in [6, 6.07) is 11.9. The summed E-state index contributed by atoms with van der Waals surface area (Å²) in [5.41, 5.74) is 4.22. The van der Waals surface area contributed by atoms with Crippen LogP contribution >= 0.6 is 0 Å². The van der Waals surface area contributed by atoms with Gasteiger partial charge >= 0.3 is 0 Å². The third-order valence-electron chi connectivity index (χ3n) is 5.06. The second-order valence-electron chi connectivity index (χ2n) is 7.17. The summed E-state index contributed by atoms with van der Waals surface area (Å²) < 4.78 is 19.1. The molecule has 0 saturated heterocycles. The number of aryl methyl sites for hydroxylation is 2. The van der Waals surface area contributed by atoms with Crippen LogP contribution in [0.3, 0.4) is 0 Å². The number of para-hydroxylation sites is 1. The quantitative estimate of drug-likeness (QED) is 0.379. The minimum atomic E-state index is 0.453. The van der Waals surface area contributed by atoms with Crippen LogP contribution in [-0.4, -0.2) is 27.9 Å². The lowest BCUT2D eigenvalue weighted by Crippen LogP contribution is -1.98. The molecule has 0 N–H and O–H groups in total. The average Bonchev–Trinajstić information content (AvgIpc) is 3.36. The Kier molecular flexibility index (Phi) is 5.74. The van der Waals surface area contributed by atoms with Gasteiger partial charge in [0.2, 0.25) is 5.82 Å². The molecule has 0 aliphatic rings. The first-order chi connectivity index (χ1) is 14.7. The summed E-state index contributed by atoms with van der Waals surface area (Å²) >= 11 is 0. The number of benzene rings is 2. The molecule has 0 saturated carbocycles. The van der Waals surface area contributed by atoms with Crippen LogP contribution in [0.1, 0.15) is 32.8 Å². The van der Waals surface area contributed by atoms with Gasteiger partial charge in [0.15, 0.2) is 11.5 Å². The molecule has 0 amide bonds. The molecule has 0 aliphatic heterocycles. The SMILES string of the molecule is CCCc1cn(C)c2c(-c3noc(-c4ccc(OCC)c(OCC)c4)n3)cccc12. The summed E-state index contributed by atoms with van der Waals surface area (Å²) in [4.78, 5) is 4.69. The Morgan fingerprint density at radius 3 is 2.57 bits per heavy atom. The van der Waals surface area contributed by atoms with Crippen LogP contribution < -0.4 is 9.47 Å². The molecule has 30 heavy (non-hydrogen) atoms. The Bertz CT molecular complexity index is 1160. The van der Waals surface area contributed by atoms with Crippen LogP contribution in [0.5, 0.6) is 11.5 Å². The van der Waals surface area contributed by atoms with Crippen LogP contribution in [0.4, 0.5) is 0 Å². The number of hydrogen-bond donors (Lipinski definition) is 0. The van der Waals surface area contributed by atoms with Crippen molar-refractivity contribution < 1.29 is 14.0 Å². The zero-order chi connectivity index (χ0) is 21.1. The van der Waals surface area contributed by atoms with E-state index in [9.17, 15) is 0 Å². The molecule has 0 atom stereocenters. The van der Waals surface area contributed by atoms with Crippen molar-refractivity contribution in [3.05, 3.63) is 48.2 Å². The fraction of sp³-hybridized carbons (Fsp3) is 0.333. The van der Waals surface area contributed by atoms with Crippen LogP contribution in [-0.2, 0) is 13.5 Å². The predicted octanol–water partition coefficient (Wildman–Crippen LogP) is 5.65. The first-order valence-corrected chi connectivity index (χ1v) is 10.5. The van der Waals surface area contributed by atoms with Gasteiger partial charge < -0.3 is 18.6 Å². The molecule has 0 bridgehead atoms. The Morgan fingerprint density at radius 1 is 1.00 bits per heavy atom. The lowest BCUT2D eigenvalue weighted by molar-refractivity contribution is 0.288. The van der Waals surface area contributed by atoms with Gasteiger partial charge in [-0.3, -0.25) is 0 Å². The molecule has 6 heteroatoms. The summed E-state index contributed by atoms with van der Waals surface area (Å²) in [7, 11) is 2.06. The van der Waals surface area contributed by atoms with Crippen molar-refractivity contribution in [1.82, 2.24) is 14.7 Å². The molecule has 2 heterocycles. The van der Waals surface area contributed by atoms with Crippen molar-refractivity contribution in [2.45, 2.75) is 33.6 Å². The smallest absolute Gasteiger partial charge is 0.258 e. The van der Waals surface area contributed by atoms with Crippen molar-refractivity contribution >= 4 is 10.9 Å². The minimum Gasteiger partial charge on any atom is -0.490 e. The van der Waals surface area contributed by atoms with Crippen LogP contribution in [0, 0.1) is 0 Å². The molecule has 2 aromatic carbocycles. The maximum absolute atomic E-state index is 5.72. The fourth-order valence-electron chi connectivity index (χ4n) is 3.83. The van der Waals surface area contributed by atoms with Gasteiger partial charge in [0.1, 0.15) is 0 Å². The van der Waals surface area contributed by atoms with Crippen molar-refractivity contribution in [1.29, 1.82) is 0 Å². The molecule has 4 rings (SSSR count). The zero-order valence-corrected chi connectivity index (χ0v) is 17.9. The first kappa shape index (κ1) is 20.0. The molecule has 0 fully saturated rings. The Balaban J connectivity index is 1.74. The second-order valence-corrected chi connectivity index (χ2v) is 7.17. The fourth-order valence-corrected chi connectivity index (χ4v) is 3.83. The van der Waals surface area contributed by atoms with Crippen LogP contribution in [0.2, 0.25) is 0 Å². The van der Waals surface area contributed by atoms with Crippen LogP contribution in [0.25, 0.3) is 33.7 Å². The number of fused-ring (bicyclic) bond motifs is 1. The largest absolute Gasteiger partial charge is 0.490 e. The van der Waals surface area contributed by atoms with E-state index in [-0.39, 0.29) is 0 Å². The summed E-state index contributed by atoms with van der Waals surface area (Å²) in [6.45, 7) is 7.21. The van der Waals surface area contributed by atoms with E-state index < -0.39 is 0 Å². The maximum Gasteiger partial charge on any atom is 0.258 e. The Morgan fingerprint density at radius 2 is 1.80 bits per heavy atom. The van der Waals surface area contributed by atoms with Crippen molar-refractivity contribution in [2.75, 3.05) is 13.2 Å². The molecule has 156 valence electrons. The monoisotopic (exact) mass is 405 g/mol. The van der Waals surface area contributed by atoms with Crippen molar-refractivity contribution in [2.24, 2.45) is 7.05 Å². The van der Waals surface area contributed by atoms with Gasteiger partial charge in [0.25, 0.3) is 5.89 Å². The molecule has 0 radical (unpaired) electrons. The number of nitrogens with zero attached hydrogens (tertiary/aromatic N) is 3. The number of ether oxygens (including phenoxy) is 2. The molecule has 2 aromatic heterocycles. The van der Waals surface area contributed by atoms with Gasteiger partial charge in [0, 0.05) is 29.8 Å². The second kappa shape index (κ2) is 8.61. The van der Waals surface area contributed by atoms with E-state index in [4.69, 9.17) is 14.0 Å². The van der Waals surface area contributed by atoms with Gasteiger partial charge in [-0.15, -0.1) is 0 Å². The van der Waals surface area contributed by atoms with Crippen LogP contribution in [0.15, 0.2) is 47.1 Å². The van der Waals surface area contributed by atoms with Crippen molar-refractivity contribution in [3.63, 3.8) is 0 Å². The lowest BCUT2D eigenvalue weighted by Gasteiger charge is -2.11. The van der Waals surface area contributed by atoms with Gasteiger partial charge in [-0.05, 0) is 50.1 Å². The van der Waals surface area contributed by atoms with Gasteiger partial charge in [0.05, 0.1) is 18.7 Å². The van der Waals surface area contributed by atoms with E-state index >= 15 is 0 Å². The number of hydrogen-bond acceptors (Lipinski definition) is 5. The first-order valence-electron chi connectivity index (χ1n) is 10.5. The minimum absolute atomic E-state index is 0.453. The summed E-state index contributed by atoms with van der Waals surface area (Å²) in [6.07, 6.45) is 4.35. The highest BCUT2D eigenvalue weighted by molar-refractivity contribution is 5.95. The summed E-state index contributed by atoms with van der Waals surface area (Å²) in [5.74, 6) is 2.41. The standard InChI is InChI=1S/C24H27N3O3/c1-5-9-17-15-27(4)22-18(17)10-8-11-19(22)23-25-24(30-26-23)16-12-13-20(28-6-2)21(14-16)29-7-3/h8,10-15H,5-7,9H2,1-4H3. The van der Waals surface area contributed by atoms with E-state index in [0.717, 1.165) is 29.5 Å². The van der Waals surface area contributed by atoms with E-state index in [1.807, 2.05) is 38.1 Å². The average molecular weight is 405 g/mol. The van der Waals surface area contributed by atoms with E-state index in [1.165, 1.54) is 10.9 Å². The molecule has 0 unspecified atom stereocenters. The van der Waals surface area contributed by atoms with Gasteiger partial charge in [-0.1, -0.05) is 30.6 Å². The molecule has 6 nitrogen and oxygen atoms in total. The maximum atomic E-state index is 5.72. The molecule has 0 aliphatic carbocycles. The molecular weight excluding hydrogens is 378 g/mol.